The molecular formula is C14H26N2O4S. The minimum atomic E-state index is -3.66. The molecular weight excluding hydrogens is 292 g/mol. The maximum Gasteiger partial charge on any atom is 0.274 e. The zero-order valence-corrected chi connectivity index (χ0v) is 14.0. The van der Waals surface area contributed by atoms with E-state index in [4.69, 9.17) is 9.15 Å². The highest BCUT2D eigenvalue weighted by molar-refractivity contribution is 7.89. The summed E-state index contributed by atoms with van der Waals surface area (Å²) in [5.74, 6) is 0.727. The van der Waals surface area contributed by atoms with E-state index >= 15 is 0 Å². The molecule has 0 fully saturated rings. The van der Waals surface area contributed by atoms with Gasteiger partial charge in [0.15, 0.2) is 0 Å². The average Bonchev–Trinajstić information content (AvgIpc) is 2.90. The smallest absolute Gasteiger partial charge is 0.274 e. The first-order valence-corrected chi connectivity index (χ1v) is 8.78. The summed E-state index contributed by atoms with van der Waals surface area (Å²) in [7, 11) is -3.66. The molecule has 0 bridgehead atoms. The number of hydrogen-bond acceptors (Lipinski definition) is 5. The molecule has 0 spiro atoms. The van der Waals surface area contributed by atoms with Gasteiger partial charge in [-0.2, -0.15) is 0 Å². The van der Waals surface area contributed by atoms with Crippen LogP contribution in [0.2, 0.25) is 0 Å². The number of sulfonamides is 1. The molecule has 6 nitrogen and oxygen atoms in total. The molecule has 7 heteroatoms. The number of ether oxygens (including phenoxy) is 1. The third-order valence-electron chi connectivity index (χ3n) is 3.06. The van der Waals surface area contributed by atoms with E-state index in [0.717, 1.165) is 6.54 Å². The quantitative estimate of drug-likeness (QED) is 0.687. The van der Waals surface area contributed by atoms with Crippen molar-refractivity contribution < 1.29 is 17.6 Å². The van der Waals surface area contributed by atoms with Crippen molar-refractivity contribution in [2.75, 3.05) is 19.8 Å². The maximum atomic E-state index is 12.3. The first-order chi connectivity index (χ1) is 9.90. The van der Waals surface area contributed by atoms with Crippen molar-refractivity contribution in [3.8, 4) is 0 Å². The Labute approximate surface area is 127 Å². The molecule has 1 atom stereocenters. The van der Waals surface area contributed by atoms with E-state index in [2.05, 4.69) is 10.0 Å². The predicted octanol–water partition coefficient (Wildman–Crippen LogP) is 1.73. The Morgan fingerprint density at radius 3 is 2.57 bits per heavy atom. The van der Waals surface area contributed by atoms with Crippen LogP contribution < -0.4 is 10.0 Å². The fraction of sp³-hybridized carbons (Fsp3) is 0.714. The van der Waals surface area contributed by atoms with Crippen molar-refractivity contribution in [1.29, 1.82) is 0 Å². The van der Waals surface area contributed by atoms with Crippen molar-refractivity contribution in [3.63, 3.8) is 0 Å². The summed E-state index contributed by atoms with van der Waals surface area (Å²) in [6, 6.07) is 2.87. The van der Waals surface area contributed by atoms with Crippen LogP contribution in [0.15, 0.2) is 21.6 Å². The molecule has 0 aliphatic carbocycles. The van der Waals surface area contributed by atoms with Crippen LogP contribution in [0.4, 0.5) is 0 Å². The molecule has 1 rings (SSSR count). The van der Waals surface area contributed by atoms with Gasteiger partial charge >= 0.3 is 0 Å². The second kappa shape index (κ2) is 8.53. The zero-order valence-electron chi connectivity index (χ0n) is 13.2. The van der Waals surface area contributed by atoms with Gasteiger partial charge in [-0.1, -0.05) is 20.8 Å². The summed E-state index contributed by atoms with van der Waals surface area (Å²) in [5, 5.41) is 3.03. The summed E-state index contributed by atoms with van der Waals surface area (Å²) >= 11 is 0. The number of hydrogen-bond donors (Lipinski definition) is 2. The molecule has 1 unspecified atom stereocenters. The third kappa shape index (κ3) is 5.78. The van der Waals surface area contributed by atoms with Gasteiger partial charge in [-0.15, -0.1) is 0 Å². The molecule has 2 N–H and O–H groups in total. The van der Waals surface area contributed by atoms with Gasteiger partial charge in [0, 0.05) is 12.6 Å². The lowest BCUT2D eigenvalue weighted by molar-refractivity contribution is 0.116. The SMILES string of the molecule is CCNCc1ccc(S(=O)(=O)NC(COCC)C(C)C)o1. The molecule has 1 aromatic heterocycles. The van der Waals surface area contributed by atoms with Crippen LogP contribution in [-0.4, -0.2) is 34.2 Å². The second-order valence-corrected chi connectivity index (χ2v) is 6.78. The van der Waals surface area contributed by atoms with Crippen LogP contribution >= 0.6 is 0 Å². The van der Waals surface area contributed by atoms with Crippen molar-refractivity contribution >= 4 is 10.0 Å². The van der Waals surface area contributed by atoms with Gasteiger partial charge in [0.25, 0.3) is 10.0 Å². The van der Waals surface area contributed by atoms with Crippen LogP contribution in [-0.2, 0) is 21.3 Å². The van der Waals surface area contributed by atoms with Crippen LogP contribution in [0.25, 0.3) is 0 Å². The standard InChI is InChI=1S/C14H26N2O4S/c1-5-15-9-12-7-8-14(20-12)21(17,18)16-13(11(3)4)10-19-6-2/h7-8,11,13,15-16H,5-6,9-10H2,1-4H3. The van der Waals surface area contributed by atoms with Crippen LogP contribution in [0.1, 0.15) is 33.5 Å². The first-order valence-electron chi connectivity index (χ1n) is 7.30. The molecule has 0 saturated carbocycles. The number of furan rings is 1. The Bertz CT molecular complexity index is 511. The fourth-order valence-corrected chi connectivity index (χ4v) is 3.03. The molecule has 0 amide bonds. The van der Waals surface area contributed by atoms with E-state index in [9.17, 15) is 8.42 Å². The van der Waals surface area contributed by atoms with Gasteiger partial charge in [-0.25, -0.2) is 13.1 Å². The highest BCUT2D eigenvalue weighted by Crippen LogP contribution is 2.15. The highest BCUT2D eigenvalue weighted by atomic mass is 32.2. The van der Waals surface area contributed by atoms with Gasteiger partial charge in [-0.3, -0.25) is 0 Å². The van der Waals surface area contributed by atoms with Crippen LogP contribution in [0, 0.1) is 5.92 Å². The van der Waals surface area contributed by atoms with Gasteiger partial charge in [-0.05, 0) is 31.5 Å². The molecule has 1 aromatic rings. The third-order valence-corrected chi connectivity index (χ3v) is 4.43. The van der Waals surface area contributed by atoms with E-state index in [1.165, 1.54) is 6.07 Å². The van der Waals surface area contributed by atoms with Crippen molar-refractivity contribution in [2.24, 2.45) is 5.92 Å². The van der Waals surface area contributed by atoms with E-state index in [1.54, 1.807) is 6.07 Å². The molecule has 0 aromatic carbocycles. The molecule has 0 radical (unpaired) electrons. The Hall–Kier alpha value is -0.890. The lowest BCUT2D eigenvalue weighted by Crippen LogP contribution is -2.41. The largest absolute Gasteiger partial charge is 0.447 e. The minimum Gasteiger partial charge on any atom is -0.447 e. The van der Waals surface area contributed by atoms with Crippen molar-refractivity contribution in [2.45, 2.75) is 45.4 Å². The minimum absolute atomic E-state index is 0.0578. The average molecular weight is 318 g/mol. The molecule has 1 heterocycles. The molecule has 0 aliphatic heterocycles. The van der Waals surface area contributed by atoms with Crippen molar-refractivity contribution in [3.05, 3.63) is 17.9 Å². The number of nitrogens with one attached hydrogen (secondary N) is 2. The van der Waals surface area contributed by atoms with Gasteiger partial charge in [0.05, 0.1) is 13.2 Å². The van der Waals surface area contributed by atoms with Gasteiger partial charge < -0.3 is 14.5 Å². The first kappa shape index (κ1) is 18.2. The topological polar surface area (TPSA) is 80.6 Å². The van der Waals surface area contributed by atoms with E-state index in [-0.39, 0.29) is 17.1 Å². The summed E-state index contributed by atoms with van der Waals surface area (Å²) in [4.78, 5) is 0. The molecule has 21 heavy (non-hydrogen) atoms. The Morgan fingerprint density at radius 2 is 2.00 bits per heavy atom. The summed E-state index contributed by atoms with van der Waals surface area (Å²) in [6.45, 7) is 9.96. The number of rotatable bonds is 10. The predicted molar refractivity (Wildman–Crippen MR) is 81.5 cm³/mol. The van der Waals surface area contributed by atoms with E-state index < -0.39 is 10.0 Å². The Morgan fingerprint density at radius 1 is 1.29 bits per heavy atom. The lowest BCUT2D eigenvalue weighted by Gasteiger charge is -2.21. The van der Waals surface area contributed by atoms with Gasteiger partial charge in [0.1, 0.15) is 5.76 Å². The molecule has 0 aliphatic rings. The molecule has 122 valence electrons. The normalized spacial score (nSPS) is 13.8. The highest BCUT2D eigenvalue weighted by Gasteiger charge is 2.25. The van der Waals surface area contributed by atoms with Crippen LogP contribution in [0.5, 0.6) is 0 Å². The lowest BCUT2D eigenvalue weighted by atomic mass is 10.1. The summed E-state index contributed by atoms with van der Waals surface area (Å²) in [6.07, 6.45) is 0. The fourth-order valence-electron chi connectivity index (χ4n) is 1.71. The van der Waals surface area contributed by atoms with Gasteiger partial charge in [0.2, 0.25) is 5.09 Å². The summed E-state index contributed by atoms with van der Waals surface area (Å²) in [5.41, 5.74) is 0. The van der Waals surface area contributed by atoms with Crippen molar-refractivity contribution in [1.82, 2.24) is 10.0 Å². The monoisotopic (exact) mass is 318 g/mol. The zero-order chi connectivity index (χ0) is 15.9. The second-order valence-electron chi connectivity index (χ2n) is 5.13. The molecule has 0 saturated heterocycles. The van der Waals surface area contributed by atoms with Crippen LogP contribution in [0.3, 0.4) is 0 Å². The Kier molecular flexibility index (Phi) is 7.37. The van der Waals surface area contributed by atoms with E-state index in [0.29, 0.717) is 25.5 Å². The summed E-state index contributed by atoms with van der Waals surface area (Å²) < 4.78 is 38.0. The maximum absolute atomic E-state index is 12.3. The Balaban J connectivity index is 2.76. The van der Waals surface area contributed by atoms with E-state index in [1.807, 2.05) is 27.7 Å².